The zero-order chi connectivity index (χ0) is 13.9. The predicted octanol–water partition coefficient (Wildman–Crippen LogP) is 1.07. The normalized spacial score (nSPS) is 13.5. The van der Waals surface area contributed by atoms with Crippen LogP contribution in [0.15, 0.2) is 10.3 Å². The molecule has 6 nitrogen and oxygen atoms in total. The molecule has 0 aliphatic rings. The van der Waals surface area contributed by atoms with Gasteiger partial charge in [-0.25, -0.2) is 17.9 Å². The van der Waals surface area contributed by atoms with Gasteiger partial charge in [0.1, 0.15) is 9.09 Å². The van der Waals surface area contributed by atoms with Crippen molar-refractivity contribution in [3.63, 3.8) is 0 Å². The van der Waals surface area contributed by atoms with Crippen LogP contribution in [0.4, 0.5) is 0 Å². The average molecular weight is 293 g/mol. The van der Waals surface area contributed by atoms with Crippen LogP contribution in [0.2, 0.25) is 0 Å². The molecule has 0 radical (unpaired) electrons. The molecule has 0 spiro atoms. The fourth-order valence-corrected chi connectivity index (χ4v) is 4.03. The van der Waals surface area contributed by atoms with E-state index in [4.69, 9.17) is 9.84 Å². The van der Waals surface area contributed by atoms with Crippen LogP contribution in [-0.4, -0.2) is 39.3 Å². The Morgan fingerprint density at radius 1 is 1.61 bits per heavy atom. The van der Waals surface area contributed by atoms with Crippen LogP contribution < -0.4 is 4.72 Å². The molecule has 0 aliphatic heterocycles. The van der Waals surface area contributed by atoms with Gasteiger partial charge in [-0.2, -0.15) is 0 Å². The number of aryl methyl sites for hydroxylation is 1. The molecule has 0 saturated heterocycles. The molecule has 0 saturated carbocycles. The third-order valence-corrected chi connectivity index (χ3v) is 5.42. The Balaban J connectivity index is 2.99. The van der Waals surface area contributed by atoms with Crippen molar-refractivity contribution in [3.05, 3.63) is 16.5 Å². The zero-order valence-electron chi connectivity index (χ0n) is 10.3. The maximum absolute atomic E-state index is 12.0. The number of carboxylic acid groups (broad SMARTS) is 1. The molecule has 102 valence electrons. The van der Waals surface area contributed by atoms with Crippen molar-refractivity contribution in [3.8, 4) is 0 Å². The highest BCUT2D eigenvalue weighted by molar-refractivity contribution is 7.91. The van der Waals surface area contributed by atoms with Crippen LogP contribution >= 0.6 is 11.3 Å². The Hall–Kier alpha value is -0.960. The second-order valence-corrected chi connectivity index (χ2v) is 6.85. The largest absolute Gasteiger partial charge is 0.477 e. The molecule has 0 bridgehead atoms. The van der Waals surface area contributed by atoms with Gasteiger partial charge in [-0.3, -0.25) is 0 Å². The number of carbonyl (C=O) groups is 1. The van der Waals surface area contributed by atoms with E-state index in [0.29, 0.717) is 5.56 Å². The lowest BCUT2D eigenvalue weighted by atomic mass is 10.3. The van der Waals surface area contributed by atoms with Crippen LogP contribution in [0.25, 0.3) is 0 Å². The van der Waals surface area contributed by atoms with Crippen LogP contribution in [0, 0.1) is 6.92 Å². The van der Waals surface area contributed by atoms with Gasteiger partial charge in [0.05, 0.1) is 6.61 Å². The van der Waals surface area contributed by atoms with Crippen molar-refractivity contribution in [2.24, 2.45) is 0 Å². The second-order valence-electron chi connectivity index (χ2n) is 3.86. The summed E-state index contributed by atoms with van der Waals surface area (Å²) in [4.78, 5) is 10.9. The van der Waals surface area contributed by atoms with Gasteiger partial charge in [-0.05, 0) is 25.5 Å². The van der Waals surface area contributed by atoms with E-state index in [-0.39, 0.29) is 21.7 Å². The Labute approximate surface area is 110 Å². The third-order valence-electron chi connectivity index (χ3n) is 2.13. The summed E-state index contributed by atoms with van der Waals surface area (Å²) >= 11 is 0.744. The predicted molar refractivity (Wildman–Crippen MR) is 67.7 cm³/mol. The van der Waals surface area contributed by atoms with Crippen LogP contribution in [0.1, 0.15) is 22.2 Å². The van der Waals surface area contributed by atoms with E-state index in [1.807, 2.05) is 0 Å². The molecule has 0 aliphatic carbocycles. The highest BCUT2D eigenvalue weighted by atomic mass is 32.2. The van der Waals surface area contributed by atoms with Crippen molar-refractivity contribution in [1.29, 1.82) is 0 Å². The molecule has 0 amide bonds. The van der Waals surface area contributed by atoms with Crippen molar-refractivity contribution in [2.45, 2.75) is 24.1 Å². The first-order chi connectivity index (χ1) is 8.27. The minimum atomic E-state index is -3.69. The Morgan fingerprint density at radius 2 is 2.22 bits per heavy atom. The number of methoxy groups -OCH3 is 1. The third kappa shape index (κ3) is 3.52. The number of ether oxygens (including phenoxy) is 1. The van der Waals surface area contributed by atoms with Crippen molar-refractivity contribution < 1.29 is 23.1 Å². The first kappa shape index (κ1) is 15.1. The Kier molecular flexibility index (Phi) is 4.85. The molecule has 0 fully saturated rings. The number of nitrogens with one attached hydrogen (secondary N) is 1. The minimum Gasteiger partial charge on any atom is -0.477 e. The number of aromatic carboxylic acids is 1. The van der Waals surface area contributed by atoms with E-state index in [9.17, 15) is 13.2 Å². The topological polar surface area (TPSA) is 92.7 Å². The smallest absolute Gasteiger partial charge is 0.346 e. The maximum Gasteiger partial charge on any atom is 0.346 e. The highest BCUT2D eigenvalue weighted by Crippen LogP contribution is 2.25. The van der Waals surface area contributed by atoms with Crippen molar-refractivity contribution in [2.75, 3.05) is 13.7 Å². The summed E-state index contributed by atoms with van der Waals surface area (Å²) in [5.41, 5.74) is 0.437. The molecule has 1 heterocycles. The first-order valence-corrected chi connectivity index (χ1v) is 7.43. The summed E-state index contributed by atoms with van der Waals surface area (Å²) in [6.45, 7) is 3.48. The van der Waals surface area contributed by atoms with E-state index < -0.39 is 16.0 Å². The van der Waals surface area contributed by atoms with Crippen LogP contribution in [0.5, 0.6) is 0 Å². The monoisotopic (exact) mass is 293 g/mol. The van der Waals surface area contributed by atoms with Crippen molar-refractivity contribution in [1.82, 2.24) is 4.72 Å². The molecule has 2 N–H and O–H groups in total. The number of sulfonamides is 1. The summed E-state index contributed by atoms with van der Waals surface area (Å²) in [5.74, 6) is -1.12. The van der Waals surface area contributed by atoms with E-state index in [1.54, 1.807) is 13.8 Å². The summed E-state index contributed by atoms with van der Waals surface area (Å²) in [6, 6.07) is 0.978. The van der Waals surface area contributed by atoms with Gasteiger partial charge in [0, 0.05) is 13.2 Å². The molecule has 0 aromatic carbocycles. The molecular formula is C10H15NO5S2. The summed E-state index contributed by atoms with van der Waals surface area (Å²) in [5, 5.41) is 8.89. The van der Waals surface area contributed by atoms with Gasteiger partial charge in [-0.1, -0.05) is 0 Å². The van der Waals surface area contributed by atoms with E-state index >= 15 is 0 Å². The van der Waals surface area contributed by atoms with Crippen molar-refractivity contribution >= 4 is 27.3 Å². The van der Waals surface area contributed by atoms with Crippen LogP contribution in [0.3, 0.4) is 0 Å². The summed E-state index contributed by atoms with van der Waals surface area (Å²) in [6.07, 6.45) is 0. The van der Waals surface area contributed by atoms with Crippen LogP contribution in [-0.2, 0) is 14.8 Å². The fraction of sp³-hybridized carbons (Fsp3) is 0.500. The molecule has 8 heteroatoms. The van der Waals surface area contributed by atoms with Gasteiger partial charge in [-0.15, -0.1) is 11.3 Å². The first-order valence-electron chi connectivity index (χ1n) is 5.13. The van der Waals surface area contributed by atoms with E-state index in [2.05, 4.69) is 4.72 Å². The average Bonchev–Trinajstić information content (AvgIpc) is 2.60. The maximum atomic E-state index is 12.0. The summed E-state index contributed by atoms with van der Waals surface area (Å²) in [7, 11) is -2.22. The molecular weight excluding hydrogens is 278 g/mol. The standard InChI is InChI=1S/C10H15NO5S2/c1-6-4-8(17-9(6)10(12)13)18(14,15)11-7(2)5-16-3/h4,7,11H,5H2,1-3H3,(H,12,13). The SMILES string of the molecule is COCC(C)NS(=O)(=O)c1cc(C)c(C(=O)O)s1. The lowest BCUT2D eigenvalue weighted by molar-refractivity contribution is 0.0701. The molecule has 18 heavy (non-hydrogen) atoms. The lowest BCUT2D eigenvalue weighted by Gasteiger charge is -2.11. The van der Waals surface area contributed by atoms with Gasteiger partial charge in [0.25, 0.3) is 0 Å². The molecule has 1 rings (SSSR count). The van der Waals surface area contributed by atoms with Gasteiger partial charge >= 0.3 is 5.97 Å². The minimum absolute atomic E-state index is 0.000327. The van der Waals surface area contributed by atoms with Gasteiger partial charge in [0.2, 0.25) is 10.0 Å². The molecule has 1 unspecified atom stereocenters. The Bertz CT molecular complexity index is 534. The number of carboxylic acids is 1. The highest BCUT2D eigenvalue weighted by Gasteiger charge is 2.23. The lowest BCUT2D eigenvalue weighted by Crippen LogP contribution is -2.35. The van der Waals surface area contributed by atoms with Gasteiger partial charge in [0.15, 0.2) is 0 Å². The number of hydrogen-bond donors (Lipinski definition) is 2. The quantitative estimate of drug-likeness (QED) is 0.818. The number of rotatable bonds is 6. The number of hydrogen-bond acceptors (Lipinski definition) is 5. The Morgan fingerprint density at radius 3 is 2.67 bits per heavy atom. The van der Waals surface area contributed by atoms with E-state index in [1.165, 1.54) is 13.2 Å². The molecule has 1 aromatic heterocycles. The van der Waals surface area contributed by atoms with Gasteiger partial charge < -0.3 is 9.84 Å². The second kappa shape index (κ2) is 5.79. The number of thiophene rings is 1. The van der Waals surface area contributed by atoms with E-state index in [0.717, 1.165) is 11.3 Å². The molecule has 1 aromatic rings. The fourth-order valence-electron chi connectivity index (χ4n) is 1.40. The summed E-state index contributed by atoms with van der Waals surface area (Å²) < 4.78 is 31.2. The zero-order valence-corrected chi connectivity index (χ0v) is 11.9. The molecule has 1 atom stereocenters.